The van der Waals surface area contributed by atoms with Gasteiger partial charge in [-0.3, -0.25) is 4.79 Å². The average molecular weight is 438 g/mol. The summed E-state index contributed by atoms with van der Waals surface area (Å²) in [4.78, 5) is 16.9. The lowest BCUT2D eigenvalue weighted by molar-refractivity contribution is 0.100. The molecule has 0 spiro atoms. The molecule has 0 aromatic heterocycles. The normalized spacial score (nSPS) is 18.9. The molecule has 1 saturated heterocycles. The van der Waals surface area contributed by atoms with E-state index in [2.05, 4.69) is 71.5 Å². The molecule has 33 heavy (non-hydrogen) atoms. The Hall–Kier alpha value is -3.37. The number of nitrogens with zero attached hydrogens (tertiary/aromatic N) is 2. The molecule has 1 amide bonds. The van der Waals surface area contributed by atoms with Gasteiger partial charge in [-0.1, -0.05) is 66.7 Å². The van der Waals surface area contributed by atoms with Crippen LogP contribution >= 0.6 is 0 Å². The van der Waals surface area contributed by atoms with Gasteiger partial charge in [0.15, 0.2) is 0 Å². The zero-order valence-electron chi connectivity index (χ0n) is 19.2. The summed E-state index contributed by atoms with van der Waals surface area (Å²) in [6.07, 6.45) is 5.67. The fourth-order valence-electron chi connectivity index (χ4n) is 5.26. The zero-order valence-corrected chi connectivity index (χ0v) is 19.2. The maximum Gasteiger partial charge on any atom is 0.248 e. The molecule has 0 radical (unpaired) electrons. The van der Waals surface area contributed by atoms with Crippen molar-refractivity contribution in [1.82, 2.24) is 4.90 Å². The number of likely N-dealkylation sites (N-methyl/N-ethyl adjacent to an activating group) is 1. The third kappa shape index (κ3) is 4.31. The van der Waals surface area contributed by atoms with Gasteiger partial charge in [0.1, 0.15) is 0 Å². The van der Waals surface area contributed by atoms with E-state index in [0.29, 0.717) is 5.56 Å². The Morgan fingerprint density at radius 1 is 0.939 bits per heavy atom. The Labute approximate surface area is 196 Å². The van der Waals surface area contributed by atoms with Gasteiger partial charge in [-0.2, -0.15) is 0 Å². The molecule has 2 heterocycles. The van der Waals surface area contributed by atoms with Crippen LogP contribution in [0.5, 0.6) is 0 Å². The summed E-state index contributed by atoms with van der Waals surface area (Å²) in [5.74, 6) is -0.386. The molecule has 4 nitrogen and oxygen atoms in total. The predicted octanol–water partition coefficient (Wildman–Crippen LogP) is 5.51. The molecule has 0 unspecified atom stereocenters. The Balaban J connectivity index is 1.59. The first kappa shape index (κ1) is 21.5. The second-order valence-electron chi connectivity index (χ2n) is 9.14. The van der Waals surface area contributed by atoms with Crippen LogP contribution in [0.15, 0.2) is 78.9 Å². The minimum Gasteiger partial charge on any atom is -0.366 e. The molecule has 1 atom stereocenters. The maximum absolute atomic E-state index is 12.0. The molecular weight excluding hydrogens is 406 g/mol. The van der Waals surface area contributed by atoms with E-state index in [1.807, 2.05) is 24.3 Å². The van der Waals surface area contributed by atoms with Crippen LogP contribution in [0.2, 0.25) is 0 Å². The summed E-state index contributed by atoms with van der Waals surface area (Å²) in [6, 6.07) is 25.4. The van der Waals surface area contributed by atoms with Crippen LogP contribution in [0.3, 0.4) is 0 Å². The van der Waals surface area contributed by atoms with Gasteiger partial charge in [0.2, 0.25) is 5.91 Å². The van der Waals surface area contributed by atoms with E-state index in [1.54, 1.807) is 0 Å². The number of hydrogen-bond donors (Lipinski definition) is 1. The van der Waals surface area contributed by atoms with E-state index in [9.17, 15) is 4.79 Å². The highest BCUT2D eigenvalue weighted by molar-refractivity contribution is 5.96. The van der Waals surface area contributed by atoms with E-state index in [-0.39, 0.29) is 11.9 Å². The van der Waals surface area contributed by atoms with Gasteiger partial charge in [-0.25, -0.2) is 0 Å². The number of carbonyl (C=O) groups is 1. The van der Waals surface area contributed by atoms with Gasteiger partial charge in [0.05, 0.1) is 6.04 Å². The summed E-state index contributed by atoms with van der Waals surface area (Å²) in [6.45, 7) is 3.05. The molecular formula is C29H31N3O. The van der Waals surface area contributed by atoms with Crippen LogP contribution in [-0.4, -0.2) is 37.5 Å². The lowest BCUT2D eigenvalue weighted by Crippen LogP contribution is -2.26. The highest BCUT2D eigenvalue weighted by Crippen LogP contribution is 2.43. The molecule has 3 aromatic carbocycles. The monoisotopic (exact) mass is 437 g/mol. The second kappa shape index (κ2) is 9.24. The lowest BCUT2D eigenvalue weighted by Gasteiger charge is -2.32. The lowest BCUT2D eigenvalue weighted by atomic mass is 9.90. The van der Waals surface area contributed by atoms with Crippen molar-refractivity contribution in [3.05, 3.63) is 95.6 Å². The zero-order chi connectivity index (χ0) is 22.8. The Morgan fingerprint density at radius 3 is 2.48 bits per heavy atom. The van der Waals surface area contributed by atoms with Crippen LogP contribution in [0.1, 0.15) is 46.8 Å². The van der Waals surface area contributed by atoms with E-state index in [4.69, 9.17) is 5.73 Å². The Bertz CT molecular complexity index is 1180. The third-order valence-electron chi connectivity index (χ3n) is 7.01. The SMILES string of the molecule is CN1CC=C(c2ccccc2[C@H]2CCCN2c2cc(C(N)=O)ccc2-c2ccccc2)CC1. The number of carbonyl (C=O) groups excluding carboxylic acids is 1. The average Bonchev–Trinajstić information content (AvgIpc) is 3.34. The molecule has 4 heteroatoms. The summed E-state index contributed by atoms with van der Waals surface area (Å²) in [7, 11) is 2.18. The number of anilines is 1. The van der Waals surface area contributed by atoms with Crippen molar-refractivity contribution in [2.45, 2.75) is 25.3 Å². The molecule has 2 aliphatic rings. The molecule has 1 fully saturated rings. The van der Waals surface area contributed by atoms with Crippen LogP contribution in [0.4, 0.5) is 5.69 Å². The van der Waals surface area contributed by atoms with Crippen molar-refractivity contribution in [3.63, 3.8) is 0 Å². The Kier molecular flexibility index (Phi) is 6.01. The van der Waals surface area contributed by atoms with Gasteiger partial charge in [0, 0.05) is 36.4 Å². The summed E-state index contributed by atoms with van der Waals surface area (Å²) in [5, 5.41) is 0. The summed E-state index contributed by atoms with van der Waals surface area (Å²) in [5.41, 5.74) is 13.8. The minimum absolute atomic E-state index is 0.271. The first-order valence-corrected chi connectivity index (χ1v) is 11.8. The van der Waals surface area contributed by atoms with Crippen LogP contribution < -0.4 is 10.6 Å². The molecule has 0 saturated carbocycles. The third-order valence-corrected chi connectivity index (χ3v) is 7.01. The molecule has 168 valence electrons. The molecule has 2 N–H and O–H groups in total. The van der Waals surface area contributed by atoms with Crippen molar-refractivity contribution >= 4 is 17.2 Å². The van der Waals surface area contributed by atoms with Crippen molar-refractivity contribution in [2.75, 3.05) is 31.6 Å². The van der Waals surface area contributed by atoms with E-state index in [1.165, 1.54) is 16.7 Å². The number of amides is 1. The smallest absolute Gasteiger partial charge is 0.248 e. The number of rotatable bonds is 5. The fraction of sp³-hybridized carbons (Fsp3) is 0.276. The number of primary amides is 1. The first-order valence-electron chi connectivity index (χ1n) is 11.8. The molecule has 5 rings (SSSR count). The number of benzene rings is 3. The van der Waals surface area contributed by atoms with Crippen LogP contribution in [0, 0.1) is 0 Å². The van der Waals surface area contributed by atoms with Gasteiger partial charge in [-0.15, -0.1) is 0 Å². The Morgan fingerprint density at radius 2 is 1.73 bits per heavy atom. The maximum atomic E-state index is 12.0. The highest BCUT2D eigenvalue weighted by Gasteiger charge is 2.30. The van der Waals surface area contributed by atoms with Crippen LogP contribution in [0.25, 0.3) is 16.7 Å². The minimum atomic E-state index is -0.386. The van der Waals surface area contributed by atoms with Crippen molar-refractivity contribution in [2.24, 2.45) is 5.73 Å². The number of nitrogens with two attached hydrogens (primary N) is 1. The van der Waals surface area contributed by atoms with E-state index in [0.717, 1.165) is 55.7 Å². The standard InChI is InChI=1S/C29H31N3O/c1-31-18-15-22(16-19-31)24-10-5-6-11-26(24)27-12-7-17-32(27)28-20-23(29(30)33)13-14-25(28)21-8-3-2-4-9-21/h2-6,8-11,13-15,20,27H,7,12,16-19H2,1H3,(H2,30,33)/t27-/m1/s1. The van der Waals surface area contributed by atoms with Crippen molar-refractivity contribution < 1.29 is 4.79 Å². The summed E-state index contributed by atoms with van der Waals surface area (Å²) < 4.78 is 0. The van der Waals surface area contributed by atoms with Gasteiger partial charge in [-0.05, 0) is 60.7 Å². The summed E-state index contributed by atoms with van der Waals surface area (Å²) >= 11 is 0. The molecule has 2 aliphatic heterocycles. The molecule has 0 aliphatic carbocycles. The molecule has 3 aromatic rings. The van der Waals surface area contributed by atoms with Crippen molar-refractivity contribution in [3.8, 4) is 11.1 Å². The predicted molar refractivity (Wildman–Crippen MR) is 136 cm³/mol. The van der Waals surface area contributed by atoms with Gasteiger partial charge in [0.25, 0.3) is 0 Å². The quantitative estimate of drug-likeness (QED) is 0.572. The highest BCUT2D eigenvalue weighted by atomic mass is 16.1. The topological polar surface area (TPSA) is 49.6 Å². The first-order chi connectivity index (χ1) is 16.1. The van der Waals surface area contributed by atoms with E-state index >= 15 is 0 Å². The van der Waals surface area contributed by atoms with Crippen molar-refractivity contribution in [1.29, 1.82) is 0 Å². The number of hydrogen-bond acceptors (Lipinski definition) is 3. The van der Waals surface area contributed by atoms with Gasteiger partial charge >= 0.3 is 0 Å². The second-order valence-corrected chi connectivity index (χ2v) is 9.14. The van der Waals surface area contributed by atoms with Crippen LogP contribution in [-0.2, 0) is 0 Å². The van der Waals surface area contributed by atoms with E-state index < -0.39 is 0 Å². The fourth-order valence-corrected chi connectivity index (χ4v) is 5.26. The largest absolute Gasteiger partial charge is 0.366 e. The van der Waals surface area contributed by atoms with Gasteiger partial charge < -0.3 is 15.5 Å². The molecule has 0 bridgehead atoms.